The summed E-state index contributed by atoms with van der Waals surface area (Å²) >= 11 is 0. The SMILES string of the molecule is COc1ccc(C[C@H](NC(=O)[C@H](CCCCN)NS(C)(=O)=O)[P@@](=O)(O)CC2(C(=O)N[C@@H](Cc3c[nH]c4ccccc34)C(=O)[O-])CCCC2)cc1.[Li+]. The molecule has 1 saturated carbocycles. The van der Waals surface area contributed by atoms with Gasteiger partial charge in [-0.05, 0) is 61.6 Å². The Kier molecular flexibility index (Phi) is 15.4. The topological polar surface area (TPSA) is 233 Å². The Morgan fingerprint density at radius 2 is 1.71 bits per heavy atom. The van der Waals surface area contributed by atoms with Gasteiger partial charge in [-0.25, -0.2) is 13.1 Å². The Balaban J connectivity index is 0.00000702. The number of aliphatic carboxylic acids is 1. The predicted octanol–water partition coefficient (Wildman–Crippen LogP) is -1.48. The molecule has 1 aliphatic rings. The van der Waals surface area contributed by atoms with Crippen molar-refractivity contribution in [1.29, 1.82) is 0 Å². The molecule has 4 atom stereocenters. The molecule has 2 aromatic carbocycles. The number of nitrogens with two attached hydrogens (primary N) is 1. The van der Waals surface area contributed by atoms with Crippen LogP contribution in [0.5, 0.6) is 5.75 Å². The van der Waals surface area contributed by atoms with Gasteiger partial charge in [0.15, 0.2) is 0 Å². The van der Waals surface area contributed by atoms with Crippen LogP contribution in [0.1, 0.15) is 56.1 Å². The molecule has 2 amide bonds. The molecule has 1 heterocycles. The van der Waals surface area contributed by atoms with Gasteiger partial charge in [-0.3, -0.25) is 14.2 Å². The van der Waals surface area contributed by atoms with Crippen LogP contribution in [0.2, 0.25) is 0 Å². The number of ether oxygens (including phenoxy) is 1. The first-order valence-corrected chi connectivity index (χ1v) is 20.5. The van der Waals surface area contributed by atoms with Gasteiger partial charge in [0.25, 0.3) is 0 Å². The number of carbonyl (C=O) groups is 3. The van der Waals surface area contributed by atoms with Gasteiger partial charge >= 0.3 is 18.9 Å². The first kappa shape index (κ1) is 42.3. The summed E-state index contributed by atoms with van der Waals surface area (Å²) in [5.74, 6) is -3.81. The number of fused-ring (bicyclic) bond motifs is 1. The first-order valence-electron chi connectivity index (χ1n) is 16.7. The minimum Gasteiger partial charge on any atom is -0.548 e. The van der Waals surface area contributed by atoms with Crippen molar-refractivity contribution in [2.45, 2.75) is 75.7 Å². The molecule has 1 aliphatic carbocycles. The van der Waals surface area contributed by atoms with Crippen LogP contribution < -0.4 is 49.8 Å². The quantitative estimate of drug-likeness (QED) is 0.0474. The van der Waals surface area contributed by atoms with E-state index in [0.717, 1.165) is 17.2 Å². The van der Waals surface area contributed by atoms with Gasteiger partial charge in [0, 0.05) is 36.1 Å². The standard InChI is InChI=1S/C34H48N5O9PS.Li/c1-48-25-14-12-23(13-15-25)19-30(38-31(40)28(11-5-8-18-35)39-50(2,46)47)49(44,45)22-34(16-6-7-17-34)33(43)37-29(32(41)42)20-24-21-36-27-10-4-3-9-26(24)27;/h3-4,9-10,12-15,21,28-30,36,39H,5-8,11,16-20,22,35H2,1-2H3,(H,37,43)(H,38,40)(H,41,42)(H,44,45);/q;+1/p-1/t28-,29-,30+;/m0./s1. The number of carbonyl (C=O) groups excluding carboxylic acids is 3. The van der Waals surface area contributed by atoms with E-state index >= 15 is 0 Å². The Bertz CT molecular complexity index is 1800. The molecule has 7 N–H and O–H groups in total. The van der Waals surface area contributed by atoms with E-state index in [-0.39, 0.29) is 51.0 Å². The minimum atomic E-state index is -4.48. The summed E-state index contributed by atoms with van der Waals surface area (Å²) in [6.45, 7) is 0.337. The maximum atomic E-state index is 14.5. The second kappa shape index (κ2) is 18.6. The molecule has 0 unspecified atom stereocenters. The van der Waals surface area contributed by atoms with Gasteiger partial charge in [-0.2, -0.15) is 0 Å². The number of unbranched alkanes of at least 4 members (excludes halogenated alkanes) is 1. The van der Waals surface area contributed by atoms with E-state index < -0.39 is 64.6 Å². The van der Waals surface area contributed by atoms with Crippen LogP contribution in [0.25, 0.3) is 10.9 Å². The zero-order chi connectivity index (χ0) is 36.5. The largest absolute Gasteiger partial charge is 1.00 e. The number of aromatic nitrogens is 1. The van der Waals surface area contributed by atoms with Crippen molar-refractivity contribution in [1.82, 2.24) is 20.3 Å². The summed E-state index contributed by atoms with van der Waals surface area (Å²) in [7, 11) is -6.81. The fourth-order valence-electron chi connectivity index (χ4n) is 6.62. The number of methoxy groups -OCH3 is 1. The average Bonchev–Trinajstić information content (AvgIpc) is 3.71. The van der Waals surface area contributed by atoms with E-state index in [2.05, 4.69) is 20.3 Å². The molecule has 0 bridgehead atoms. The number of para-hydroxylation sites is 1. The zero-order valence-electron chi connectivity index (χ0n) is 29.4. The number of carboxylic acids is 1. The molecule has 3 aromatic rings. The summed E-state index contributed by atoms with van der Waals surface area (Å²) in [4.78, 5) is 54.8. The number of aromatic amines is 1. The molecular formula is C34H47LiN5O9PS. The van der Waals surface area contributed by atoms with Gasteiger partial charge < -0.3 is 40.9 Å². The van der Waals surface area contributed by atoms with Crippen molar-refractivity contribution in [2.24, 2.45) is 11.1 Å². The number of benzene rings is 2. The molecule has 14 nitrogen and oxygen atoms in total. The Labute approximate surface area is 310 Å². The van der Waals surface area contributed by atoms with Crippen LogP contribution in [0.4, 0.5) is 0 Å². The summed E-state index contributed by atoms with van der Waals surface area (Å²) < 4.78 is 46.3. The van der Waals surface area contributed by atoms with Crippen molar-refractivity contribution in [3.05, 3.63) is 65.9 Å². The summed E-state index contributed by atoms with van der Waals surface area (Å²) in [6.07, 6.45) is 4.56. The first-order chi connectivity index (χ1) is 23.7. The number of hydrogen-bond acceptors (Lipinski definition) is 9. The van der Waals surface area contributed by atoms with Crippen LogP contribution in [0.15, 0.2) is 54.7 Å². The van der Waals surface area contributed by atoms with Crippen molar-refractivity contribution >= 4 is 46.1 Å². The maximum Gasteiger partial charge on any atom is 1.00 e. The number of carboxylic acid groups (broad SMARTS) is 1. The number of rotatable bonds is 19. The Morgan fingerprint density at radius 3 is 2.31 bits per heavy atom. The van der Waals surface area contributed by atoms with Crippen LogP contribution in [0, 0.1) is 5.41 Å². The van der Waals surface area contributed by atoms with Crippen LogP contribution in [-0.4, -0.2) is 80.0 Å². The number of H-pyrrole nitrogens is 1. The number of sulfonamides is 1. The van der Waals surface area contributed by atoms with E-state index in [1.807, 2.05) is 24.3 Å². The van der Waals surface area contributed by atoms with E-state index in [1.54, 1.807) is 30.5 Å². The summed E-state index contributed by atoms with van der Waals surface area (Å²) in [5.41, 5.74) is 6.24. The van der Waals surface area contributed by atoms with E-state index in [1.165, 1.54) is 7.11 Å². The van der Waals surface area contributed by atoms with E-state index in [4.69, 9.17) is 10.5 Å². The smallest absolute Gasteiger partial charge is 0.548 e. The van der Waals surface area contributed by atoms with Crippen molar-refractivity contribution in [3.8, 4) is 5.75 Å². The molecule has 4 rings (SSSR count). The van der Waals surface area contributed by atoms with E-state index in [0.29, 0.717) is 49.1 Å². The van der Waals surface area contributed by atoms with Crippen molar-refractivity contribution < 1.29 is 61.0 Å². The molecule has 0 saturated heterocycles. The summed E-state index contributed by atoms with van der Waals surface area (Å²) in [5, 5.41) is 18.3. The zero-order valence-corrected chi connectivity index (χ0v) is 31.1. The second-order valence-corrected chi connectivity index (χ2v) is 17.3. The molecule has 1 aromatic heterocycles. The molecule has 1 fully saturated rings. The second-order valence-electron chi connectivity index (χ2n) is 13.1. The molecule has 0 spiro atoms. The van der Waals surface area contributed by atoms with Crippen molar-refractivity contribution in [3.63, 3.8) is 0 Å². The molecule has 0 radical (unpaired) electrons. The Hall–Kier alpha value is -3.15. The number of hydrogen-bond donors (Lipinski definition) is 6. The van der Waals surface area contributed by atoms with Crippen LogP contribution in [0.3, 0.4) is 0 Å². The van der Waals surface area contributed by atoms with Gasteiger partial charge in [0.05, 0.1) is 30.8 Å². The molecular weight excluding hydrogens is 692 g/mol. The third-order valence-corrected chi connectivity index (χ3v) is 12.3. The van der Waals surface area contributed by atoms with Gasteiger partial charge in [-0.15, -0.1) is 0 Å². The van der Waals surface area contributed by atoms with Crippen LogP contribution in [-0.2, 0) is 41.8 Å². The molecule has 17 heteroatoms. The number of nitrogens with one attached hydrogen (secondary N) is 4. The van der Waals surface area contributed by atoms with Gasteiger partial charge in [-0.1, -0.05) is 49.6 Å². The Morgan fingerprint density at radius 1 is 1.04 bits per heavy atom. The average molecular weight is 740 g/mol. The van der Waals surface area contributed by atoms with Gasteiger partial charge in [0.1, 0.15) is 17.6 Å². The monoisotopic (exact) mass is 739 g/mol. The van der Waals surface area contributed by atoms with E-state index in [9.17, 15) is 37.4 Å². The molecule has 51 heavy (non-hydrogen) atoms. The van der Waals surface area contributed by atoms with Gasteiger partial charge in [0.2, 0.25) is 29.2 Å². The fraction of sp³-hybridized carbons (Fsp3) is 0.500. The third kappa shape index (κ3) is 11.7. The fourth-order valence-corrected chi connectivity index (χ4v) is 9.73. The summed E-state index contributed by atoms with van der Waals surface area (Å²) in [6, 6.07) is 11.4. The minimum absolute atomic E-state index is 0. The predicted molar refractivity (Wildman–Crippen MR) is 188 cm³/mol. The van der Waals surface area contributed by atoms with Crippen LogP contribution >= 0.6 is 7.37 Å². The molecule has 274 valence electrons. The maximum absolute atomic E-state index is 14.5. The number of amides is 2. The van der Waals surface area contributed by atoms with Crippen molar-refractivity contribution in [2.75, 3.05) is 26.1 Å². The normalized spacial score (nSPS) is 17.0. The third-order valence-electron chi connectivity index (χ3n) is 9.26. The molecule has 0 aliphatic heterocycles.